The Balaban J connectivity index is 1.64. The van der Waals surface area contributed by atoms with Crippen LogP contribution >= 0.6 is 0 Å². The first-order chi connectivity index (χ1) is 7.75. The Bertz CT molecular complexity index is 195. The molecule has 0 aromatic heterocycles. The second kappa shape index (κ2) is 6.02. The van der Waals surface area contributed by atoms with E-state index in [0.29, 0.717) is 6.10 Å². The fourth-order valence-corrected chi connectivity index (χ4v) is 2.55. The van der Waals surface area contributed by atoms with Gasteiger partial charge < -0.3 is 10.1 Å². The third-order valence-electron chi connectivity index (χ3n) is 4.07. The second-order valence-corrected chi connectivity index (χ2v) is 5.90. The Morgan fingerprint density at radius 3 is 2.62 bits per heavy atom. The quantitative estimate of drug-likeness (QED) is 0.719. The molecule has 1 saturated carbocycles. The van der Waals surface area contributed by atoms with Crippen molar-refractivity contribution in [3.63, 3.8) is 0 Å². The van der Waals surface area contributed by atoms with Crippen molar-refractivity contribution in [3.8, 4) is 0 Å². The molecule has 2 aliphatic rings. The van der Waals surface area contributed by atoms with Gasteiger partial charge in [0.2, 0.25) is 0 Å². The van der Waals surface area contributed by atoms with Gasteiger partial charge in [-0.05, 0) is 56.9 Å². The van der Waals surface area contributed by atoms with Crippen molar-refractivity contribution in [2.75, 3.05) is 13.2 Å². The van der Waals surface area contributed by atoms with Gasteiger partial charge >= 0.3 is 0 Å². The molecule has 2 rings (SSSR count). The van der Waals surface area contributed by atoms with Gasteiger partial charge in [0.1, 0.15) is 0 Å². The van der Waals surface area contributed by atoms with E-state index in [2.05, 4.69) is 19.2 Å². The van der Waals surface area contributed by atoms with Crippen LogP contribution in [0.2, 0.25) is 0 Å². The maximum atomic E-state index is 5.70. The summed E-state index contributed by atoms with van der Waals surface area (Å²) >= 11 is 0. The molecule has 2 fully saturated rings. The normalized spacial score (nSPS) is 27.6. The largest absolute Gasteiger partial charge is 0.378 e. The first-order valence-corrected chi connectivity index (χ1v) is 7.10. The summed E-state index contributed by atoms with van der Waals surface area (Å²) in [5, 5.41) is 3.67. The molecular formula is C14H27NO. The van der Waals surface area contributed by atoms with Crippen LogP contribution in [0.15, 0.2) is 0 Å². The topological polar surface area (TPSA) is 21.3 Å². The van der Waals surface area contributed by atoms with Gasteiger partial charge in [0.15, 0.2) is 0 Å². The van der Waals surface area contributed by atoms with E-state index < -0.39 is 0 Å². The summed E-state index contributed by atoms with van der Waals surface area (Å²) in [6, 6.07) is 0.851. The summed E-state index contributed by atoms with van der Waals surface area (Å²) in [5.41, 5.74) is 0. The number of ether oxygens (including phenoxy) is 1. The summed E-state index contributed by atoms with van der Waals surface area (Å²) in [7, 11) is 0. The highest BCUT2D eigenvalue weighted by atomic mass is 16.5. The first kappa shape index (κ1) is 12.4. The van der Waals surface area contributed by atoms with Gasteiger partial charge in [-0.3, -0.25) is 0 Å². The van der Waals surface area contributed by atoms with Gasteiger partial charge in [-0.1, -0.05) is 13.8 Å². The van der Waals surface area contributed by atoms with E-state index >= 15 is 0 Å². The number of nitrogens with one attached hydrogen (secondary N) is 1. The maximum Gasteiger partial charge on any atom is 0.0576 e. The Hall–Kier alpha value is -0.0800. The molecule has 2 nitrogen and oxygen atoms in total. The molecule has 0 bridgehead atoms. The van der Waals surface area contributed by atoms with Crippen LogP contribution in [-0.4, -0.2) is 25.3 Å². The van der Waals surface area contributed by atoms with Gasteiger partial charge in [-0.15, -0.1) is 0 Å². The van der Waals surface area contributed by atoms with Crippen molar-refractivity contribution >= 4 is 0 Å². The minimum atomic E-state index is 0.571. The first-order valence-electron chi connectivity index (χ1n) is 7.10. The monoisotopic (exact) mass is 225 g/mol. The molecule has 2 heteroatoms. The molecule has 0 aromatic carbocycles. The maximum absolute atomic E-state index is 5.70. The van der Waals surface area contributed by atoms with Gasteiger partial charge in [-0.2, -0.15) is 0 Å². The lowest BCUT2D eigenvalue weighted by molar-refractivity contribution is 0.0954. The third kappa shape index (κ3) is 4.06. The molecule has 0 amide bonds. The van der Waals surface area contributed by atoms with Crippen LogP contribution in [-0.2, 0) is 4.74 Å². The molecule has 2 unspecified atom stereocenters. The van der Waals surface area contributed by atoms with Crippen molar-refractivity contribution in [1.29, 1.82) is 0 Å². The summed E-state index contributed by atoms with van der Waals surface area (Å²) in [6.45, 7) is 6.93. The van der Waals surface area contributed by atoms with Crippen molar-refractivity contribution in [2.24, 2.45) is 11.8 Å². The van der Waals surface area contributed by atoms with Crippen LogP contribution in [0, 0.1) is 11.8 Å². The fourth-order valence-electron chi connectivity index (χ4n) is 2.55. The van der Waals surface area contributed by atoms with Crippen molar-refractivity contribution < 1.29 is 4.74 Å². The predicted molar refractivity (Wildman–Crippen MR) is 67.6 cm³/mol. The average molecular weight is 225 g/mol. The van der Waals surface area contributed by atoms with Gasteiger partial charge in [0, 0.05) is 12.6 Å². The van der Waals surface area contributed by atoms with Crippen molar-refractivity contribution in [1.82, 2.24) is 5.32 Å². The number of hydrogen-bond donors (Lipinski definition) is 1. The van der Waals surface area contributed by atoms with Crippen molar-refractivity contribution in [2.45, 2.75) is 64.5 Å². The summed E-state index contributed by atoms with van der Waals surface area (Å²) < 4.78 is 5.70. The van der Waals surface area contributed by atoms with E-state index in [1.54, 1.807) is 0 Å². The lowest BCUT2D eigenvalue weighted by Gasteiger charge is -2.22. The molecule has 1 heterocycles. The van der Waals surface area contributed by atoms with Crippen LogP contribution in [0.1, 0.15) is 52.4 Å². The summed E-state index contributed by atoms with van der Waals surface area (Å²) in [4.78, 5) is 0. The SMILES string of the molecule is CC(C)C(CCC1CCCO1)CNC1CC1. The molecule has 1 aliphatic heterocycles. The van der Waals surface area contributed by atoms with Crippen LogP contribution in [0.3, 0.4) is 0 Å². The van der Waals surface area contributed by atoms with E-state index in [0.717, 1.165) is 24.5 Å². The molecule has 1 saturated heterocycles. The molecule has 1 aliphatic carbocycles. The van der Waals surface area contributed by atoms with E-state index in [4.69, 9.17) is 4.74 Å². The summed E-state index contributed by atoms with van der Waals surface area (Å²) in [5.74, 6) is 1.64. The zero-order valence-corrected chi connectivity index (χ0v) is 10.9. The molecule has 0 spiro atoms. The van der Waals surface area contributed by atoms with Gasteiger partial charge in [0.25, 0.3) is 0 Å². The highest BCUT2D eigenvalue weighted by Gasteiger charge is 2.24. The smallest absolute Gasteiger partial charge is 0.0576 e. The van der Waals surface area contributed by atoms with Crippen LogP contribution in [0.25, 0.3) is 0 Å². The Morgan fingerprint density at radius 1 is 1.25 bits per heavy atom. The number of rotatable bonds is 7. The van der Waals surface area contributed by atoms with Crippen LogP contribution < -0.4 is 5.32 Å². The molecule has 0 aromatic rings. The van der Waals surface area contributed by atoms with Gasteiger partial charge in [-0.25, -0.2) is 0 Å². The lowest BCUT2D eigenvalue weighted by atomic mass is 9.89. The minimum Gasteiger partial charge on any atom is -0.378 e. The fraction of sp³-hybridized carbons (Fsp3) is 1.00. The molecule has 16 heavy (non-hydrogen) atoms. The third-order valence-corrected chi connectivity index (χ3v) is 4.07. The van der Waals surface area contributed by atoms with E-state index in [-0.39, 0.29) is 0 Å². The van der Waals surface area contributed by atoms with Crippen molar-refractivity contribution in [3.05, 3.63) is 0 Å². The van der Waals surface area contributed by atoms with Gasteiger partial charge in [0.05, 0.1) is 6.10 Å². The summed E-state index contributed by atoms with van der Waals surface area (Å²) in [6.07, 6.45) is 8.55. The van der Waals surface area contributed by atoms with E-state index in [9.17, 15) is 0 Å². The highest BCUT2D eigenvalue weighted by Crippen LogP contribution is 2.25. The standard InChI is InChI=1S/C14H27NO/c1-11(2)12(10-15-13-6-7-13)5-8-14-4-3-9-16-14/h11-15H,3-10H2,1-2H3. The van der Waals surface area contributed by atoms with E-state index in [1.165, 1.54) is 45.1 Å². The van der Waals surface area contributed by atoms with Crippen LogP contribution in [0.5, 0.6) is 0 Å². The molecule has 1 N–H and O–H groups in total. The minimum absolute atomic E-state index is 0.571. The molecule has 2 atom stereocenters. The Morgan fingerprint density at radius 2 is 2.06 bits per heavy atom. The lowest BCUT2D eigenvalue weighted by Crippen LogP contribution is -2.28. The second-order valence-electron chi connectivity index (χ2n) is 5.90. The Kier molecular flexibility index (Phi) is 4.66. The van der Waals surface area contributed by atoms with Crippen LogP contribution in [0.4, 0.5) is 0 Å². The van der Waals surface area contributed by atoms with E-state index in [1.807, 2.05) is 0 Å². The molecular weight excluding hydrogens is 198 g/mol. The molecule has 94 valence electrons. The molecule has 0 radical (unpaired) electrons. The Labute approximate surface area is 100 Å². The average Bonchev–Trinajstić information content (AvgIpc) is 2.93. The number of hydrogen-bond acceptors (Lipinski definition) is 2. The predicted octanol–water partition coefficient (Wildman–Crippen LogP) is 2.97. The zero-order valence-electron chi connectivity index (χ0n) is 10.9. The highest BCUT2D eigenvalue weighted by molar-refractivity contribution is 4.82. The zero-order chi connectivity index (χ0) is 11.4.